The van der Waals surface area contributed by atoms with Crippen molar-refractivity contribution in [1.29, 1.82) is 0 Å². The Bertz CT molecular complexity index is 232. The lowest BCUT2D eigenvalue weighted by Crippen LogP contribution is -2.20. The normalized spacial score (nSPS) is 35.6. The Morgan fingerprint density at radius 1 is 0.533 bits per heavy atom. The highest BCUT2D eigenvalue weighted by Crippen LogP contribution is 2.86. The molecule has 0 aromatic carbocycles. The van der Waals surface area contributed by atoms with Crippen molar-refractivity contribution in [3.05, 3.63) is 0 Å². The van der Waals surface area contributed by atoms with Crippen molar-refractivity contribution < 1.29 is 0 Å². The van der Waals surface area contributed by atoms with Crippen LogP contribution in [0.5, 0.6) is 0 Å². The number of hydrogen-bond donors (Lipinski definition) is 0. The summed E-state index contributed by atoms with van der Waals surface area (Å²) in [5.74, 6) is 0. The Hall–Kier alpha value is 0.580. The molecular weight excluding hydrogens is 227 g/mol. The van der Waals surface area contributed by atoms with Gasteiger partial charge in [-0.1, -0.05) is 38.5 Å². The van der Waals surface area contributed by atoms with E-state index in [1.807, 2.05) is 0 Å². The van der Waals surface area contributed by atoms with Gasteiger partial charge in [-0.3, -0.25) is 0 Å². The van der Waals surface area contributed by atoms with Gasteiger partial charge in [0.15, 0.2) is 0 Å². The lowest BCUT2D eigenvalue weighted by molar-refractivity contribution is 0.196. The summed E-state index contributed by atoms with van der Waals surface area (Å²) in [6, 6.07) is 0. The predicted molar refractivity (Wildman–Crippen MR) is 65.5 cm³/mol. The zero-order chi connectivity index (χ0) is 10.6. The molecule has 3 rings (SSSR count). The van der Waals surface area contributed by atoms with Crippen molar-refractivity contribution in [3.63, 3.8) is 0 Å². The van der Waals surface area contributed by atoms with Crippen LogP contribution >= 0.6 is 23.2 Å². The maximum Gasteiger partial charge on any atom is 0.130 e. The van der Waals surface area contributed by atoms with Crippen molar-refractivity contribution in [2.75, 3.05) is 0 Å². The van der Waals surface area contributed by atoms with Gasteiger partial charge in [0.25, 0.3) is 0 Å². The van der Waals surface area contributed by atoms with Gasteiger partial charge in [0.2, 0.25) is 0 Å². The fourth-order valence-electron chi connectivity index (χ4n) is 4.64. The van der Waals surface area contributed by atoms with Gasteiger partial charge in [-0.25, -0.2) is 0 Å². The van der Waals surface area contributed by atoms with Crippen LogP contribution in [0, 0.1) is 10.8 Å². The summed E-state index contributed by atoms with van der Waals surface area (Å²) in [6.07, 6.45) is 13.3. The third kappa shape index (κ3) is 1.11. The van der Waals surface area contributed by atoms with E-state index in [0.29, 0.717) is 10.8 Å². The second kappa shape index (κ2) is 3.29. The van der Waals surface area contributed by atoms with E-state index in [0.717, 1.165) is 0 Å². The van der Waals surface area contributed by atoms with Crippen molar-refractivity contribution in [3.8, 4) is 0 Å². The number of hydrogen-bond acceptors (Lipinski definition) is 0. The van der Waals surface area contributed by atoms with Crippen LogP contribution in [0.25, 0.3) is 0 Å². The van der Waals surface area contributed by atoms with E-state index in [1.165, 1.54) is 64.2 Å². The molecule has 0 bridgehead atoms. The Labute approximate surface area is 103 Å². The van der Waals surface area contributed by atoms with Crippen molar-refractivity contribution in [2.24, 2.45) is 10.8 Å². The molecular formula is C13H20Cl2. The van der Waals surface area contributed by atoms with Gasteiger partial charge in [-0.05, 0) is 25.7 Å². The summed E-state index contributed by atoms with van der Waals surface area (Å²) in [6.45, 7) is 0. The van der Waals surface area contributed by atoms with Crippen LogP contribution in [-0.2, 0) is 0 Å². The van der Waals surface area contributed by atoms with Crippen molar-refractivity contribution in [1.82, 2.24) is 0 Å². The van der Waals surface area contributed by atoms with Gasteiger partial charge in [-0.2, -0.15) is 0 Å². The van der Waals surface area contributed by atoms with Crippen LogP contribution in [0.1, 0.15) is 64.2 Å². The third-order valence-corrected chi connectivity index (χ3v) is 6.92. The molecule has 3 aliphatic rings. The molecule has 2 heteroatoms. The molecule has 2 spiro atoms. The van der Waals surface area contributed by atoms with Gasteiger partial charge < -0.3 is 0 Å². The SMILES string of the molecule is ClC1(Cl)C2(CCCCC2)C12CCCCC2. The van der Waals surface area contributed by atoms with Crippen LogP contribution in [-0.4, -0.2) is 4.33 Å². The molecule has 0 aromatic heterocycles. The molecule has 0 amide bonds. The Balaban J connectivity index is 1.90. The quantitative estimate of drug-likeness (QED) is 0.524. The number of halogens is 2. The average molecular weight is 247 g/mol. The molecule has 15 heavy (non-hydrogen) atoms. The minimum Gasteiger partial charge on any atom is -0.100 e. The van der Waals surface area contributed by atoms with E-state index in [9.17, 15) is 0 Å². The van der Waals surface area contributed by atoms with Crippen molar-refractivity contribution in [2.45, 2.75) is 68.5 Å². The zero-order valence-corrected chi connectivity index (χ0v) is 10.8. The van der Waals surface area contributed by atoms with Gasteiger partial charge in [-0.15, -0.1) is 23.2 Å². The molecule has 3 fully saturated rings. The first kappa shape index (κ1) is 10.7. The highest BCUT2D eigenvalue weighted by molar-refractivity contribution is 6.52. The van der Waals surface area contributed by atoms with Gasteiger partial charge >= 0.3 is 0 Å². The minimum atomic E-state index is -0.374. The summed E-state index contributed by atoms with van der Waals surface area (Å²) in [5, 5.41) is 0. The molecule has 0 saturated heterocycles. The molecule has 0 N–H and O–H groups in total. The van der Waals surface area contributed by atoms with E-state index in [4.69, 9.17) is 23.2 Å². The first-order valence-corrected chi connectivity index (χ1v) is 7.30. The first-order chi connectivity index (χ1) is 7.16. The Morgan fingerprint density at radius 3 is 1.20 bits per heavy atom. The largest absolute Gasteiger partial charge is 0.130 e. The van der Waals surface area contributed by atoms with Gasteiger partial charge in [0.1, 0.15) is 4.33 Å². The maximum atomic E-state index is 6.68. The molecule has 0 unspecified atom stereocenters. The molecule has 0 aromatic rings. The van der Waals surface area contributed by atoms with E-state index < -0.39 is 0 Å². The molecule has 3 saturated carbocycles. The molecule has 0 radical (unpaired) electrons. The Morgan fingerprint density at radius 2 is 0.867 bits per heavy atom. The standard InChI is InChI=1S/C13H20Cl2/c14-13(15)11(7-3-1-4-8-11)12(13)9-5-2-6-10-12/h1-10H2. The third-order valence-electron chi connectivity index (χ3n) is 5.47. The Kier molecular flexibility index (Phi) is 2.35. The van der Waals surface area contributed by atoms with Crippen LogP contribution in [0.4, 0.5) is 0 Å². The fraction of sp³-hybridized carbons (Fsp3) is 1.00. The van der Waals surface area contributed by atoms with E-state index >= 15 is 0 Å². The van der Waals surface area contributed by atoms with E-state index in [1.54, 1.807) is 0 Å². The smallest absolute Gasteiger partial charge is 0.100 e. The fourth-order valence-corrected chi connectivity index (χ4v) is 6.02. The topological polar surface area (TPSA) is 0 Å². The second-order valence-corrected chi connectivity index (χ2v) is 7.19. The molecule has 0 nitrogen and oxygen atoms in total. The van der Waals surface area contributed by atoms with Crippen LogP contribution in [0.15, 0.2) is 0 Å². The van der Waals surface area contributed by atoms with E-state index in [2.05, 4.69) is 0 Å². The molecule has 0 heterocycles. The summed E-state index contributed by atoms with van der Waals surface area (Å²) >= 11 is 13.4. The lowest BCUT2D eigenvalue weighted by Gasteiger charge is -2.30. The lowest BCUT2D eigenvalue weighted by atomic mass is 9.73. The van der Waals surface area contributed by atoms with Crippen LogP contribution < -0.4 is 0 Å². The summed E-state index contributed by atoms with van der Waals surface area (Å²) in [5.41, 5.74) is 0.642. The summed E-state index contributed by atoms with van der Waals surface area (Å²) < 4.78 is -0.374. The van der Waals surface area contributed by atoms with Gasteiger partial charge in [0.05, 0.1) is 0 Å². The highest BCUT2D eigenvalue weighted by Gasteiger charge is 2.84. The van der Waals surface area contributed by atoms with Crippen LogP contribution in [0.2, 0.25) is 0 Å². The molecule has 3 aliphatic carbocycles. The van der Waals surface area contributed by atoms with Crippen molar-refractivity contribution >= 4 is 23.2 Å². The van der Waals surface area contributed by atoms with E-state index in [-0.39, 0.29) is 4.33 Å². The summed E-state index contributed by atoms with van der Waals surface area (Å²) in [4.78, 5) is 0. The first-order valence-electron chi connectivity index (χ1n) is 6.54. The average Bonchev–Trinajstić information content (AvgIpc) is 2.63. The summed E-state index contributed by atoms with van der Waals surface area (Å²) in [7, 11) is 0. The number of alkyl halides is 2. The number of rotatable bonds is 0. The van der Waals surface area contributed by atoms with Crippen LogP contribution in [0.3, 0.4) is 0 Å². The van der Waals surface area contributed by atoms with Gasteiger partial charge in [0, 0.05) is 10.8 Å². The minimum absolute atomic E-state index is 0.321. The monoisotopic (exact) mass is 246 g/mol. The second-order valence-electron chi connectivity index (χ2n) is 5.86. The molecule has 0 aliphatic heterocycles. The zero-order valence-electron chi connectivity index (χ0n) is 9.33. The number of fused-ring (bicyclic) bond motifs is 1. The highest BCUT2D eigenvalue weighted by atomic mass is 35.5. The maximum absolute atomic E-state index is 6.68. The molecule has 0 atom stereocenters. The predicted octanol–water partition coefficient (Wildman–Crippen LogP) is 5.07. The molecule has 86 valence electrons.